The Kier molecular flexibility index (Phi) is 5.38. The number of rotatable bonds is 5. The van der Waals surface area contributed by atoms with Crippen molar-refractivity contribution < 1.29 is 0 Å². The number of hydrogen-bond acceptors (Lipinski definition) is 3. The lowest BCUT2D eigenvalue weighted by Gasteiger charge is -2.18. The third-order valence-corrected chi connectivity index (χ3v) is 5.95. The normalized spacial score (nSPS) is 11.1. The van der Waals surface area contributed by atoms with Gasteiger partial charge >= 0.3 is 0 Å². The third-order valence-electron chi connectivity index (χ3n) is 5.70. The van der Waals surface area contributed by atoms with Crippen molar-refractivity contribution >= 4 is 28.6 Å². The van der Waals surface area contributed by atoms with E-state index in [1.165, 1.54) is 5.56 Å². The molecule has 0 amide bonds. The van der Waals surface area contributed by atoms with E-state index >= 15 is 0 Å². The molecule has 5 aromatic rings. The maximum Gasteiger partial charge on any atom is 0.206 e. The molecule has 32 heavy (non-hydrogen) atoms. The number of pyridine rings is 1. The monoisotopic (exact) mass is 438 g/mol. The molecular formula is C27H23ClN4. The van der Waals surface area contributed by atoms with Gasteiger partial charge in [0.1, 0.15) is 0 Å². The number of aryl methyl sites for hydroxylation is 1. The first-order valence-electron chi connectivity index (χ1n) is 10.5. The zero-order valence-electron chi connectivity index (χ0n) is 18.0. The molecule has 3 aromatic carbocycles. The van der Waals surface area contributed by atoms with E-state index in [2.05, 4.69) is 78.2 Å². The Hall–Kier alpha value is -3.63. The van der Waals surface area contributed by atoms with Gasteiger partial charge in [0.05, 0.1) is 16.7 Å². The van der Waals surface area contributed by atoms with Gasteiger partial charge in [-0.1, -0.05) is 66.2 Å². The molecule has 0 aliphatic heterocycles. The number of halogens is 1. The lowest BCUT2D eigenvalue weighted by atomic mass is 10.1. The summed E-state index contributed by atoms with van der Waals surface area (Å²) in [6.07, 6.45) is 1.90. The number of anilines is 1. The van der Waals surface area contributed by atoms with Gasteiger partial charge in [-0.3, -0.25) is 4.98 Å². The zero-order chi connectivity index (χ0) is 22.1. The van der Waals surface area contributed by atoms with Crippen molar-refractivity contribution in [3.8, 4) is 22.4 Å². The Morgan fingerprint density at radius 3 is 2.28 bits per heavy atom. The predicted molar refractivity (Wildman–Crippen MR) is 133 cm³/mol. The van der Waals surface area contributed by atoms with Crippen molar-refractivity contribution in [1.82, 2.24) is 14.5 Å². The Labute approximate surface area is 192 Å². The molecule has 4 nitrogen and oxygen atoms in total. The average Bonchev–Trinajstić information content (AvgIpc) is 3.16. The molecule has 0 aliphatic carbocycles. The number of nitrogens with zero attached hydrogens (tertiary/aromatic N) is 4. The van der Waals surface area contributed by atoms with Crippen molar-refractivity contribution in [3.63, 3.8) is 0 Å². The molecule has 0 atom stereocenters. The van der Waals surface area contributed by atoms with Gasteiger partial charge in [-0.2, -0.15) is 0 Å². The van der Waals surface area contributed by atoms with Gasteiger partial charge < -0.3 is 9.47 Å². The fourth-order valence-corrected chi connectivity index (χ4v) is 4.12. The van der Waals surface area contributed by atoms with Gasteiger partial charge in [0, 0.05) is 43.0 Å². The number of imidazole rings is 1. The van der Waals surface area contributed by atoms with Crippen LogP contribution < -0.4 is 4.90 Å². The van der Waals surface area contributed by atoms with Gasteiger partial charge in [-0.25, -0.2) is 4.98 Å². The standard InChI is InChI=1S/C27H23ClN4/c1-31(18-19-6-4-3-5-7-19)27-30-25-16-21(11-15-26(25)32(27)2)24-14-10-22(17-29-24)20-8-12-23(28)13-9-20/h3-17H,18H2,1-2H3. The van der Waals surface area contributed by atoms with E-state index in [1.54, 1.807) is 0 Å². The molecule has 5 rings (SSSR count). The first kappa shape index (κ1) is 20.3. The van der Waals surface area contributed by atoms with Crippen molar-refractivity contribution in [2.75, 3.05) is 11.9 Å². The quantitative estimate of drug-likeness (QED) is 0.310. The van der Waals surface area contributed by atoms with Crippen LogP contribution in [0.5, 0.6) is 0 Å². The molecule has 0 bridgehead atoms. The second-order valence-electron chi connectivity index (χ2n) is 7.95. The van der Waals surface area contributed by atoms with Gasteiger partial charge in [0.15, 0.2) is 0 Å². The molecule has 0 saturated heterocycles. The summed E-state index contributed by atoms with van der Waals surface area (Å²) >= 11 is 6.00. The first-order chi connectivity index (χ1) is 15.6. The van der Waals surface area contributed by atoms with Crippen molar-refractivity contribution in [2.24, 2.45) is 7.05 Å². The van der Waals surface area contributed by atoms with E-state index in [0.29, 0.717) is 0 Å². The Bertz CT molecular complexity index is 1360. The van der Waals surface area contributed by atoms with Crippen LogP contribution in [-0.2, 0) is 13.6 Å². The highest BCUT2D eigenvalue weighted by molar-refractivity contribution is 6.30. The summed E-state index contributed by atoms with van der Waals surface area (Å²) in [5.74, 6) is 0.937. The predicted octanol–water partition coefficient (Wildman–Crippen LogP) is 6.59. The van der Waals surface area contributed by atoms with Gasteiger partial charge in [0.25, 0.3) is 0 Å². The summed E-state index contributed by atoms with van der Waals surface area (Å²) in [5.41, 5.74) is 7.46. The van der Waals surface area contributed by atoms with E-state index in [-0.39, 0.29) is 0 Å². The molecule has 0 aliphatic rings. The van der Waals surface area contributed by atoms with Crippen LogP contribution in [0.3, 0.4) is 0 Å². The molecule has 0 spiro atoms. The summed E-state index contributed by atoms with van der Waals surface area (Å²) in [6, 6.07) is 28.7. The van der Waals surface area contributed by atoms with Crippen LogP contribution in [0.1, 0.15) is 5.56 Å². The van der Waals surface area contributed by atoms with Crippen LogP contribution in [0.2, 0.25) is 5.02 Å². The largest absolute Gasteiger partial charge is 0.341 e. The van der Waals surface area contributed by atoms with Crippen LogP contribution in [0, 0.1) is 0 Å². The highest BCUT2D eigenvalue weighted by Gasteiger charge is 2.13. The molecule has 158 valence electrons. The second-order valence-corrected chi connectivity index (χ2v) is 8.39. The van der Waals surface area contributed by atoms with Crippen molar-refractivity contribution in [1.29, 1.82) is 0 Å². The van der Waals surface area contributed by atoms with E-state index in [0.717, 1.165) is 50.9 Å². The Morgan fingerprint density at radius 2 is 1.56 bits per heavy atom. The number of hydrogen-bond donors (Lipinski definition) is 0. The Balaban J connectivity index is 1.42. The fraction of sp³-hybridized carbons (Fsp3) is 0.111. The van der Waals surface area contributed by atoms with Gasteiger partial charge in [-0.05, 0) is 41.5 Å². The van der Waals surface area contributed by atoms with E-state index < -0.39 is 0 Å². The minimum atomic E-state index is 0.732. The lowest BCUT2D eigenvalue weighted by molar-refractivity contribution is 0.818. The van der Waals surface area contributed by atoms with Crippen molar-refractivity contribution in [2.45, 2.75) is 6.54 Å². The molecule has 0 unspecified atom stereocenters. The smallest absolute Gasteiger partial charge is 0.206 e. The molecule has 5 heteroatoms. The van der Waals surface area contributed by atoms with Gasteiger partial charge in [0.2, 0.25) is 5.95 Å². The van der Waals surface area contributed by atoms with Crippen molar-refractivity contribution in [3.05, 3.63) is 102 Å². The van der Waals surface area contributed by atoms with E-state index in [9.17, 15) is 0 Å². The van der Waals surface area contributed by atoms with Crippen LogP contribution in [0.4, 0.5) is 5.95 Å². The SMILES string of the molecule is CN(Cc1ccccc1)c1nc2cc(-c3ccc(-c4ccc(Cl)cc4)cn3)ccc2n1C. The molecule has 0 radical (unpaired) electrons. The third kappa shape index (κ3) is 3.97. The highest BCUT2D eigenvalue weighted by Crippen LogP contribution is 2.28. The number of aromatic nitrogens is 3. The number of fused-ring (bicyclic) bond motifs is 1. The lowest BCUT2D eigenvalue weighted by Crippen LogP contribution is -2.19. The highest BCUT2D eigenvalue weighted by atomic mass is 35.5. The van der Waals surface area contributed by atoms with Crippen LogP contribution in [0.25, 0.3) is 33.4 Å². The zero-order valence-corrected chi connectivity index (χ0v) is 18.8. The fourth-order valence-electron chi connectivity index (χ4n) is 3.99. The topological polar surface area (TPSA) is 34.0 Å². The second kappa shape index (κ2) is 8.48. The molecule has 0 saturated carbocycles. The number of benzene rings is 3. The van der Waals surface area contributed by atoms with Crippen LogP contribution >= 0.6 is 11.6 Å². The summed E-state index contributed by atoms with van der Waals surface area (Å²) < 4.78 is 2.14. The van der Waals surface area contributed by atoms with Crippen LogP contribution in [0.15, 0.2) is 91.1 Å². The van der Waals surface area contributed by atoms with Crippen LogP contribution in [-0.4, -0.2) is 21.6 Å². The average molecular weight is 439 g/mol. The molecule has 2 aromatic heterocycles. The summed E-state index contributed by atoms with van der Waals surface area (Å²) in [6.45, 7) is 0.804. The molecule has 0 fully saturated rings. The minimum absolute atomic E-state index is 0.732. The first-order valence-corrected chi connectivity index (χ1v) is 10.9. The molecular weight excluding hydrogens is 416 g/mol. The Morgan fingerprint density at radius 1 is 0.844 bits per heavy atom. The van der Waals surface area contributed by atoms with Gasteiger partial charge in [-0.15, -0.1) is 0 Å². The van der Waals surface area contributed by atoms with E-state index in [4.69, 9.17) is 21.6 Å². The molecule has 2 heterocycles. The molecule has 0 N–H and O–H groups in total. The summed E-state index contributed by atoms with van der Waals surface area (Å²) in [4.78, 5) is 11.8. The minimum Gasteiger partial charge on any atom is -0.341 e. The van der Waals surface area contributed by atoms with E-state index in [1.807, 2.05) is 36.5 Å². The maximum atomic E-state index is 6.00. The summed E-state index contributed by atoms with van der Waals surface area (Å²) in [7, 11) is 4.14. The maximum absolute atomic E-state index is 6.00. The summed E-state index contributed by atoms with van der Waals surface area (Å²) in [5, 5.41) is 0.732.